The first-order valence-corrected chi connectivity index (χ1v) is 11.3. The lowest BCUT2D eigenvalue weighted by Crippen LogP contribution is -2.36. The van der Waals surface area contributed by atoms with Gasteiger partial charge in [-0.25, -0.2) is 4.98 Å². The van der Waals surface area contributed by atoms with Gasteiger partial charge in [-0.3, -0.25) is 14.2 Å². The van der Waals surface area contributed by atoms with Crippen molar-refractivity contribution in [2.45, 2.75) is 29.9 Å². The van der Waals surface area contributed by atoms with Crippen LogP contribution in [0.3, 0.4) is 0 Å². The van der Waals surface area contributed by atoms with Crippen molar-refractivity contribution in [2.24, 2.45) is 0 Å². The molecule has 2 aromatic carbocycles. The van der Waals surface area contributed by atoms with Gasteiger partial charge in [0.1, 0.15) is 0 Å². The van der Waals surface area contributed by atoms with E-state index in [9.17, 15) is 9.59 Å². The van der Waals surface area contributed by atoms with Gasteiger partial charge in [0.05, 0.1) is 22.3 Å². The second-order valence-electron chi connectivity index (χ2n) is 6.52. The lowest BCUT2D eigenvalue weighted by atomic mass is 10.2. The topological polar surface area (TPSA) is 55.2 Å². The Balaban J connectivity index is 1.60. The molecule has 28 heavy (non-hydrogen) atoms. The Labute approximate surface area is 172 Å². The van der Waals surface area contributed by atoms with Crippen LogP contribution >= 0.6 is 23.5 Å². The Morgan fingerprint density at radius 1 is 1.18 bits per heavy atom. The van der Waals surface area contributed by atoms with Gasteiger partial charge < -0.3 is 4.90 Å². The molecule has 3 aromatic rings. The third-order valence-corrected chi connectivity index (χ3v) is 6.63. The molecule has 1 amide bonds. The molecule has 0 atom stereocenters. The van der Waals surface area contributed by atoms with Crippen LogP contribution in [0.15, 0.2) is 63.4 Å². The first-order chi connectivity index (χ1) is 13.7. The summed E-state index contributed by atoms with van der Waals surface area (Å²) < 4.78 is 1.69. The van der Waals surface area contributed by atoms with E-state index in [1.54, 1.807) is 22.4 Å². The number of rotatable bonds is 5. The number of fused-ring (bicyclic) bond motifs is 2. The largest absolute Gasteiger partial charge is 0.310 e. The Bertz CT molecular complexity index is 1080. The molecule has 0 saturated heterocycles. The van der Waals surface area contributed by atoms with Crippen molar-refractivity contribution in [3.05, 3.63) is 58.9 Å². The average Bonchev–Trinajstić information content (AvgIpc) is 2.74. The number of thioether (sulfide) groups is 2. The zero-order chi connectivity index (χ0) is 19.5. The Morgan fingerprint density at radius 2 is 1.96 bits per heavy atom. The molecule has 4 rings (SSSR count). The van der Waals surface area contributed by atoms with E-state index >= 15 is 0 Å². The molecule has 0 unspecified atom stereocenters. The maximum absolute atomic E-state index is 12.9. The van der Waals surface area contributed by atoms with Crippen LogP contribution in [-0.4, -0.2) is 33.5 Å². The third kappa shape index (κ3) is 3.69. The van der Waals surface area contributed by atoms with E-state index in [0.717, 1.165) is 22.8 Å². The van der Waals surface area contributed by atoms with Crippen LogP contribution in [0, 0.1) is 0 Å². The van der Waals surface area contributed by atoms with Crippen LogP contribution in [-0.2, 0) is 11.3 Å². The highest BCUT2D eigenvalue weighted by atomic mass is 32.2. The molecule has 144 valence electrons. The maximum atomic E-state index is 12.9. The third-order valence-electron chi connectivity index (χ3n) is 4.63. The number of hydrogen-bond acceptors (Lipinski definition) is 5. The standard InChI is InChI=1S/C21H21N3O2S2/c1-2-11-24-20(26)15-7-3-4-8-16(15)22-21(24)28-14-19(25)23-12-13-27-18-10-6-5-9-17(18)23/h3-10H,2,11-14H2,1H3. The number of carbonyl (C=O) groups excluding carboxylic acids is 1. The maximum Gasteiger partial charge on any atom is 0.262 e. The summed E-state index contributed by atoms with van der Waals surface area (Å²) in [5.74, 6) is 1.19. The fourth-order valence-electron chi connectivity index (χ4n) is 3.31. The summed E-state index contributed by atoms with van der Waals surface area (Å²) in [5, 5.41) is 1.23. The zero-order valence-corrected chi connectivity index (χ0v) is 17.3. The van der Waals surface area contributed by atoms with Crippen LogP contribution in [0.5, 0.6) is 0 Å². The van der Waals surface area contributed by atoms with Crippen molar-refractivity contribution >= 4 is 46.0 Å². The van der Waals surface area contributed by atoms with Crippen molar-refractivity contribution < 1.29 is 4.79 Å². The van der Waals surface area contributed by atoms with Gasteiger partial charge in [-0.1, -0.05) is 43.0 Å². The molecular formula is C21H21N3O2S2. The number of carbonyl (C=O) groups is 1. The van der Waals surface area contributed by atoms with Gasteiger partial charge >= 0.3 is 0 Å². The van der Waals surface area contributed by atoms with Crippen molar-refractivity contribution in [1.29, 1.82) is 0 Å². The Morgan fingerprint density at radius 3 is 2.82 bits per heavy atom. The highest BCUT2D eigenvalue weighted by molar-refractivity contribution is 8.00. The molecule has 0 radical (unpaired) electrons. The summed E-state index contributed by atoms with van der Waals surface area (Å²) in [5.41, 5.74) is 1.61. The smallest absolute Gasteiger partial charge is 0.262 e. The van der Waals surface area contributed by atoms with E-state index in [-0.39, 0.29) is 17.2 Å². The predicted molar refractivity (Wildman–Crippen MR) is 117 cm³/mol. The minimum Gasteiger partial charge on any atom is -0.310 e. The van der Waals surface area contributed by atoms with Gasteiger partial charge in [0.25, 0.3) is 5.56 Å². The molecule has 1 aliphatic heterocycles. The predicted octanol–water partition coefficient (Wildman–Crippen LogP) is 4.04. The van der Waals surface area contributed by atoms with Crippen LogP contribution in [0.2, 0.25) is 0 Å². The van der Waals surface area contributed by atoms with E-state index in [4.69, 9.17) is 0 Å². The zero-order valence-electron chi connectivity index (χ0n) is 15.6. The van der Waals surface area contributed by atoms with Gasteiger partial charge in [0.2, 0.25) is 5.91 Å². The minimum absolute atomic E-state index is 0.0397. The van der Waals surface area contributed by atoms with Crippen molar-refractivity contribution in [2.75, 3.05) is 23.0 Å². The highest BCUT2D eigenvalue weighted by Gasteiger charge is 2.23. The molecule has 0 aliphatic carbocycles. The number of anilines is 1. The first kappa shape index (κ1) is 19.1. The summed E-state index contributed by atoms with van der Waals surface area (Å²) in [7, 11) is 0. The van der Waals surface area contributed by atoms with Gasteiger partial charge in [0, 0.05) is 23.7 Å². The molecule has 0 bridgehead atoms. The molecule has 2 heterocycles. The van der Waals surface area contributed by atoms with E-state index in [0.29, 0.717) is 29.1 Å². The van der Waals surface area contributed by atoms with Gasteiger partial charge in [-0.05, 0) is 30.7 Å². The minimum atomic E-state index is -0.0397. The monoisotopic (exact) mass is 411 g/mol. The van der Waals surface area contributed by atoms with Crippen molar-refractivity contribution in [3.63, 3.8) is 0 Å². The number of nitrogens with zero attached hydrogens (tertiary/aromatic N) is 3. The lowest BCUT2D eigenvalue weighted by molar-refractivity contribution is -0.116. The molecule has 7 heteroatoms. The van der Waals surface area contributed by atoms with Crippen molar-refractivity contribution in [1.82, 2.24) is 9.55 Å². The second-order valence-corrected chi connectivity index (χ2v) is 8.60. The fraction of sp³-hybridized carbons (Fsp3) is 0.286. The molecule has 1 aliphatic rings. The SMILES string of the molecule is CCCn1c(SCC(=O)N2CCSc3ccccc32)nc2ccccc2c1=O. The molecule has 0 fully saturated rings. The Hall–Kier alpha value is -2.25. The van der Waals surface area contributed by atoms with Crippen LogP contribution in [0.4, 0.5) is 5.69 Å². The first-order valence-electron chi connectivity index (χ1n) is 9.33. The summed E-state index contributed by atoms with van der Waals surface area (Å²) in [6, 6.07) is 15.4. The summed E-state index contributed by atoms with van der Waals surface area (Å²) >= 11 is 3.12. The number of para-hydroxylation sites is 2. The van der Waals surface area contributed by atoms with Gasteiger partial charge in [0.15, 0.2) is 5.16 Å². The lowest BCUT2D eigenvalue weighted by Gasteiger charge is -2.28. The van der Waals surface area contributed by atoms with E-state index in [2.05, 4.69) is 11.1 Å². The van der Waals surface area contributed by atoms with Gasteiger partial charge in [-0.15, -0.1) is 11.8 Å². The van der Waals surface area contributed by atoms with Crippen LogP contribution in [0.1, 0.15) is 13.3 Å². The fourth-order valence-corrected chi connectivity index (χ4v) is 5.21. The molecule has 1 aromatic heterocycles. The number of amides is 1. The normalized spacial score (nSPS) is 13.5. The van der Waals surface area contributed by atoms with E-state index < -0.39 is 0 Å². The highest BCUT2D eigenvalue weighted by Crippen LogP contribution is 2.34. The summed E-state index contributed by atoms with van der Waals surface area (Å²) in [4.78, 5) is 33.4. The van der Waals surface area contributed by atoms with Crippen molar-refractivity contribution in [3.8, 4) is 0 Å². The number of hydrogen-bond donors (Lipinski definition) is 0. The summed E-state index contributed by atoms with van der Waals surface area (Å²) in [6.45, 7) is 3.33. The molecule has 0 N–H and O–H groups in total. The molecule has 0 saturated carbocycles. The summed E-state index contributed by atoms with van der Waals surface area (Å²) in [6.07, 6.45) is 0.832. The van der Waals surface area contributed by atoms with E-state index in [1.807, 2.05) is 48.2 Å². The quantitative estimate of drug-likeness (QED) is 0.469. The number of aromatic nitrogens is 2. The molecular weight excluding hydrogens is 390 g/mol. The molecule has 5 nitrogen and oxygen atoms in total. The van der Waals surface area contributed by atoms with E-state index in [1.165, 1.54) is 11.8 Å². The molecule has 0 spiro atoms. The van der Waals surface area contributed by atoms with Crippen LogP contribution < -0.4 is 10.5 Å². The average molecular weight is 412 g/mol. The Kier molecular flexibility index (Phi) is 5.73. The second kappa shape index (κ2) is 8.41. The number of benzene rings is 2. The van der Waals surface area contributed by atoms with Crippen LogP contribution in [0.25, 0.3) is 10.9 Å². The van der Waals surface area contributed by atoms with Gasteiger partial charge in [-0.2, -0.15) is 0 Å².